The highest BCUT2D eigenvalue weighted by Gasteiger charge is 2.22. The average Bonchev–Trinajstić information content (AvgIpc) is 2.55. The Morgan fingerprint density at radius 2 is 1.63 bits per heavy atom. The molecule has 0 aliphatic heterocycles. The zero-order valence-electron chi connectivity index (χ0n) is 12.4. The van der Waals surface area contributed by atoms with Crippen LogP contribution < -0.4 is 0 Å². The second-order valence-corrected chi connectivity index (χ2v) is 7.95. The van der Waals surface area contributed by atoms with Crippen LogP contribution in [0.1, 0.15) is 58.4 Å². The largest absolute Gasteiger partial charge is 0.392 e. The minimum atomic E-state index is -0.130. The summed E-state index contributed by atoms with van der Waals surface area (Å²) in [5.74, 6) is 0. The number of rotatable bonds is 2. The van der Waals surface area contributed by atoms with Gasteiger partial charge in [0.25, 0.3) is 0 Å². The molecule has 2 rings (SSSR count). The Hall–Kier alpha value is -0.470. The number of hydrogen-bond acceptors (Lipinski definition) is 2. The summed E-state index contributed by atoms with van der Waals surface area (Å²) in [6.07, 6.45) is 5.70. The van der Waals surface area contributed by atoms with Crippen LogP contribution in [-0.2, 0) is 5.41 Å². The van der Waals surface area contributed by atoms with Crippen molar-refractivity contribution in [1.82, 2.24) is 0 Å². The minimum Gasteiger partial charge on any atom is -0.392 e. The smallest absolute Gasteiger partial charge is 0.0662 e. The standard InChI is InChI=1S/C17H26OS/c1-17(2,3)13-9-11-14(12-10-13)19-16-8-6-4-5-7-15(16)18/h9-12,15-16,18H,4-8H2,1-3H3/t15-,16+/m0/s1. The van der Waals surface area contributed by atoms with Gasteiger partial charge in [0.1, 0.15) is 0 Å². The molecule has 0 radical (unpaired) electrons. The fourth-order valence-electron chi connectivity index (χ4n) is 2.60. The Kier molecular flexibility index (Phi) is 4.97. The highest BCUT2D eigenvalue weighted by Crippen LogP contribution is 2.34. The van der Waals surface area contributed by atoms with Crippen molar-refractivity contribution in [2.75, 3.05) is 0 Å². The Labute approximate surface area is 121 Å². The molecular formula is C17H26OS. The van der Waals surface area contributed by atoms with E-state index in [0.717, 1.165) is 12.8 Å². The van der Waals surface area contributed by atoms with Crippen molar-refractivity contribution in [3.63, 3.8) is 0 Å². The van der Waals surface area contributed by atoms with Gasteiger partial charge < -0.3 is 5.11 Å². The molecule has 1 nitrogen and oxygen atoms in total. The van der Waals surface area contributed by atoms with Gasteiger partial charge in [0.2, 0.25) is 0 Å². The summed E-state index contributed by atoms with van der Waals surface area (Å²) >= 11 is 1.86. The first-order chi connectivity index (χ1) is 8.97. The van der Waals surface area contributed by atoms with Gasteiger partial charge in [-0.25, -0.2) is 0 Å². The maximum Gasteiger partial charge on any atom is 0.0662 e. The molecule has 1 saturated carbocycles. The van der Waals surface area contributed by atoms with Gasteiger partial charge in [-0.05, 0) is 36.0 Å². The van der Waals surface area contributed by atoms with Gasteiger partial charge in [-0.1, -0.05) is 52.2 Å². The van der Waals surface area contributed by atoms with E-state index in [1.165, 1.54) is 29.7 Å². The predicted molar refractivity (Wildman–Crippen MR) is 83.9 cm³/mol. The Bertz CT molecular complexity index is 391. The van der Waals surface area contributed by atoms with Crippen LogP contribution in [-0.4, -0.2) is 16.5 Å². The lowest BCUT2D eigenvalue weighted by Gasteiger charge is -2.21. The van der Waals surface area contributed by atoms with Crippen LogP contribution in [0.3, 0.4) is 0 Å². The van der Waals surface area contributed by atoms with Gasteiger partial charge in [0, 0.05) is 10.1 Å². The third-order valence-corrected chi connectivity index (χ3v) is 5.32. The summed E-state index contributed by atoms with van der Waals surface area (Å²) in [6.45, 7) is 6.72. The van der Waals surface area contributed by atoms with Crippen molar-refractivity contribution in [3.8, 4) is 0 Å². The van der Waals surface area contributed by atoms with Crippen LogP contribution in [0.5, 0.6) is 0 Å². The minimum absolute atomic E-state index is 0.130. The van der Waals surface area contributed by atoms with Crippen LogP contribution in [0.15, 0.2) is 29.2 Å². The fraction of sp³-hybridized carbons (Fsp3) is 0.647. The van der Waals surface area contributed by atoms with Crippen molar-refractivity contribution in [1.29, 1.82) is 0 Å². The molecule has 1 aliphatic rings. The molecule has 0 aromatic heterocycles. The predicted octanol–water partition coefficient (Wildman–Crippen LogP) is 4.77. The number of hydrogen-bond donors (Lipinski definition) is 1. The molecule has 2 atom stereocenters. The van der Waals surface area contributed by atoms with E-state index in [-0.39, 0.29) is 11.5 Å². The van der Waals surface area contributed by atoms with Gasteiger partial charge >= 0.3 is 0 Å². The van der Waals surface area contributed by atoms with E-state index in [0.29, 0.717) is 5.25 Å². The molecular weight excluding hydrogens is 252 g/mol. The highest BCUT2D eigenvalue weighted by molar-refractivity contribution is 8.00. The molecule has 0 heterocycles. The Morgan fingerprint density at radius 3 is 2.26 bits per heavy atom. The maximum absolute atomic E-state index is 10.2. The number of benzene rings is 1. The van der Waals surface area contributed by atoms with Crippen LogP contribution in [0.4, 0.5) is 0 Å². The van der Waals surface area contributed by atoms with Crippen molar-refractivity contribution in [2.24, 2.45) is 0 Å². The number of aliphatic hydroxyl groups excluding tert-OH is 1. The normalized spacial score (nSPS) is 25.1. The third kappa shape index (κ3) is 4.25. The molecule has 1 fully saturated rings. The van der Waals surface area contributed by atoms with E-state index in [1.807, 2.05) is 11.8 Å². The third-order valence-electron chi connectivity index (χ3n) is 3.93. The molecule has 1 N–H and O–H groups in total. The summed E-state index contributed by atoms with van der Waals surface area (Å²) in [7, 11) is 0. The Balaban J connectivity index is 2.02. The van der Waals surface area contributed by atoms with E-state index >= 15 is 0 Å². The highest BCUT2D eigenvalue weighted by atomic mass is 32.2. The summed E-state index contributed by atoms with van der Waals surface area (Å²) in [5.41, 5.74) is 1.59. The lowest BCUT2D eigenvalue weighted by Crippen LogP contribution is -2.21. The van der Waals surface area contributed by atoms with Crippen molar-refractivity contribution in [3.05, 3.63) is 29.8 Å². The van der Waals surface area contributed by atoms with Crippen molar-refractivity contribution < 1.29 is 5.11 Å². The zero-order chi connectivity index (χ0) is 13.9. The van der Waals surface area contributed by atoms with Crippen LogP contribution in [0, 0.1) is 0 Å². The molecule has 2 heteroatoms. The van der Waals surface area contributed by atoms with E-state index in [4.69, 9.17) is 0 Å². The summed E-state index contributed by atoms with van der Waals surface area (Å²) in [4.78, 5) is 1.29. The Morgan fingerprint density at radius 1 is 1.00 bits per heavy atom. The van der Waals surface area contributed by atoms with Gasteiger partial charge in [-0.2, -0.15) is 0 Å². The van der Waals surface area contributed by atoms with E-state index in [9.17, 15) is 5.11 Å². The molecule has 1 aliphatic carbocycles. The van der Waals surface area contributed by atoms with Crippen molar-refractivity contribution >= 4 is 11.8 Å². The van der Waals surface area contributed by atoms with E-state index in [1.54, 1.807) is 0 Å². The van der Waals surface area contributed by atoms with Crippen molar-refractivity contribution in [2.45, 2.75) is 74.5 Å². The lowest BCUT2D eigenvalue weighted by molar-refractivity contribution is 0.163. The summed E-state index contributed by atoms with van der Waals surface area (Å²) in [5, 5.41) is 10.6. The topological polar surface area (TPSA) is 20.2 Å². The van der Waals surface area contributed by atoms with Gasteiger partial charge in [0.05, 0.1) is 6.10 Å². The molecule has 0 saturated heterocycles. The van der Waals surface area contributed by atoms with Gasteiger partial charge in [-0.15, -0.1) is 11.8 Å². The molecule has 0 bridgehead atoms. The van der Waals surface area contributed by atoms with Crippen LogP contribution in [0.2, 0.25) is 0 Å². The number of aliphatic hydroxyl groups is 1. The first-order valence-corrected chi connectivity index (χ1v) is 8.30. The quantitative estimate of drug-likeness (QED) is 0.786. The first-order valence-electron chi connectivity index (χ1n) is 7.42. The molecule has 0 amide bonds. The molecule has 0 unspecified atom stereocenters. The average molecular weight is 278 g/mol. The van der Waals surface area contributed by atoms with Crippen LogP contribution >= 0.6 is 11.8 Å². The summed E-state index contributed by atoms with van der Waals surface area (Å²) < 4.78 is 0. The summed E-state index contributed by atoms with van der Waals surface area (Å²) in [6, 6.07) is 8.88. The SMILES string of the molecule is CC(C)(C)c1ccc(S[C@@H]2CCCCC[C@@H]2O)cc1. The second kappa shape index (κ2) is 6.32. The number of thioether (sulfide) groups is 1. The maximum atomic E-state index is 10.2. The van der Waals surface area contributed by atoms with Crippen LogP contribution in [0.25, 0.3) is 0 Å². The molecule has 1 aromatic rings. The molecule has 106 valence electrons. The zero-order valence-corrected chi connectivity index (χ0v) is 13.2. The van der Waals surface area contributed by atoms with Gasteiger partial charge in [0.15, 0.2) is 0 Å². The fourth-order valence-corrected chi connectivity index (χ4v) is 3.82. The monoisotopic (exact) mass is 278 g/mol. The second-order valence-electron chi connectivity index (χ2n) is 6.64. The molecule has 0 spiro atoms. The van der Waals surface area contributed by atoms with Gasteiger partial charge in [-0.3, -0.25) is 0 Å². The first kappa shape index (κ1) is 14.9. The molecule has 19 heavy (non-hydrogen) atoms. The lowest BCUT2D eigenvalue weighted by atomic mass is 9.87. The molecule has 1 aromatic carbocycles. The van der Waals surface area contributed by atoms with E-state index in [2.05, 4.69) is 45.0 Å². The van der Waals surface area contributed by atoms with E-state index < -0.39 is 0 Å².